The molecule has 2 aromatic heterocycles. The quantitative estimate of drug-likeness (QED) is 0.826. The van der Waals surface area contributed by atoms with Crippen molar-refractivity contribution in [1.82, 2.24) is 14.6 Å². The number of anilines is 1. The lowest BCUT2D eigenvalue weighted by Crippen LogP contribution is -2.33. The molecule has 17 heavy (non-hydrogen) atoms. The summed E-state index contributed by atoms with van der Waals surface area (Å²) in [6, 6.07) is 1.89. The van der Waals surface area contributed by atoms with E-state index in [9.17, 15) is 5.11 Å². The number of hydrogen-bond acceptors (Lipinski definition) is 4. The molecule has 0 saturated carbocycles. The van der Waals surface area contributed by atoms with Gasteiger partial charge in [0.2, 0.25) is 0 Å². The molecule has 5 nitrogen and oxygen atoms in total. The van der Waals surface area contributed by atoms with E-state index in [1.54, 1.807) is 23.1 Å². The summed E-state index contributed by atoms with van der Waals surface area (Å²) >= 11 is 0. The third kappa shape index (κ3) is 2.74. The Balaban J connectivity index is 2.11. The van der Waals surface area contributed by atoms with Crippen LogP contribution in [0, 0.1) is 0 Å². The van der Waals surface area contributed by atoms with Crippen molar-refractivity contribution in [3.05, 3.63) is 24.7 Å². The van der Waals surface area contributed by atoms with Crippen molar-refractivity contribution < 1.29 is 5.11 Å². The molecular weight excluding hydrogens is 216 g/mol. The van der Waals surface area contributed by atoms with E-state index in [1.807, 2.05) is 13.0 Å². The van der Waals surface area contributed by atoms with Crippen LogP contribution in [0.25, 0.3) is 5.52 Å². The fourth-order valence-electron chi connectivity index (χ4n) is 1.90. The molecule has 5 heteroatoms. The monoisotopic (exact) mass is 234 g/mol. The van der Waals surface area contributed by atoms with Crippen LogP contribution >= 0.6 is 0 Å². The van der Waals surface area contributed by atoms with Crippen LogP contribution in [-0.4, -0.2) is 31.9 Å². The number of fused-ring (bicyclic) bond motifs is 1. The van der Waals surface area contributed by atoms with Crippen LogP contribution in [0.5, 0.6) is 0 Å². The van der Waals surface area contributed by atoms with E-state index in [2.05, 4.69) is 22.3 Å². The van der Waals surface area contributed by atoms with Gasteiger partial charge in [0.25, 0.3) is 0 Å². The van der Waals surface area contributed by atoms with E-state index in [0.29, 0.717) is 6.54 Å². The van der Waals surface area contributed by atoms with Gasteiger partial charge < -0.3 is 10.4 Å². The van der Waals surface area contributed by atoms with E-state index >= 15 is 0 Å². The lowest BCUT2D eigenvalue weighted by Gasteiger charge is -2.23. The summed E-state index contributed by atoms with van der Waals surface area (Å²) in [6.07, 6.45) is 6.94. The molecule has 0 fully saturated rings. The second-order valence-electron chi connectivity index (χ2n) is 4.54. The standard InChI is InChI=1S/C12H18N4O/c1-3-5-12(2,17)9-14-11-10-4-6-15-16(10)8-7-13-11/h4,6-8,17H,3,5,9H2,1-2H3,(H,13,14). The van der Waals surface area contributed by atoms with E-state index in [4.69, 9.17) is 0 Å². The number of hydrogen-bond donors (Lipinski definition) is 2. The molecule has 1 atom stereocenters. The third-order valence-corrected chi connectivity index (χ3v) is 2.75. The Bertz CT molecular complexity index is 492. The van der Waals surface area contributed by atoms with E-state index < -0.39 is 5.60 Å². The van der Waals surface area contributed by atoms with Crippen molar-refractivity contribution >= 4 is 11.3 Å². The summed E-state index contributed by atoms with van der Waals surface area (Å²) in [6.45, 7) is 4.38. The van der Waals surface area contributed by atoms with Crippen molar-refractivity contribution in [3.63, 3.8) is 0 Å². The lowest BCUT2D eigenvalue weighted by atomic mass is 10.0. The molecule has 0 aliphatic heterocycles. The highest BCUT2D eigenvalue weighted by Crippen LogP contribution is 2.16. The Kier molecular flexibility index (Phi) is 3.28. The van der Waals surface area contributed by atoms with Crippen molar-refractivity contribution in [2.24, 2.45) is 0 Å². The average Bonchev–Trinajstić information content (AvgIpc) is 2.74. The molecular formula is C12H18N4O. The highest BCUT2D eigenvalue weighted by atomic mass is 16.3. The van der Waals surface area contributed by atoms with Gasteiger partial charge >= 0.3 is 0 Å². The largest absolute Gasteiger partial charge is 0.388 e. The van der Waals surface area contributed by atoms with Crippen LogP contribution in [0.2, 0.25) is 0 Å². The third-order valence-electron chi connectivity index (χ3n) is 2.75. The van der Waals surface area contributed by atoms with E-state index in [-0.39, 0.29) is 0 Å². The summed E-state index contributed by atoms with van der Waals surface area (Å²) in [5.74, 6) is 0.751. The van der Waals surface area contributed by atoms with Gasteiger partial charge in [-0.05, 0) is 19.4 Å². The fourth-order valence-corrected chi connectivity index (χ4v) is 1.90. The second kappa shape index (κ2) is 4.71. The van der Waals surface area contributed by atoms with Crippen LogP contribution in [0.1, 0.15) is 26.7 Å². The van der Waals surface area contributed by atoms with Gasteiger partial charge in [-0.3, -0.25) is 0 Å². The first kappa shape index (κ1) is 11.9. The zero-order valence-electron chi connectivity index (χ0n) is 10.2. The number of rotatable bonds is 5. The van der Waals surface area contributed by atoms with Crippen LogP contribution in [0.15, 0.2) is 24.7 Å². The molecule has 0 spiro atoms. The topological polar surface area (TPSA) is 62.5 Å². The highest BCUT2D eigenvalue weighted by Gasteiger charge is 2.19. The summed E-state index contributed by atoms with van der Waals surface area (Å²) in [7, 11) is 0. The molecule has 92 valence electrons. The number of aliphatic hydroxyl groups is 1. The van der Waals surface area contributed by atoms with Crippen molar-refractivity contribution in [2.75, 3.05) is 11.9 Å². The average molecular weight is 234 g/mol. The summed E-state index contributed by atoms with van der Waals surface area (Å²) in [4.78, 5) is 4.26. The van der Waals surface area contributed by atoms with Gasteiger partial charge in [-0.1, -0.05) is 13.3 Å². The summed E-state index contributed by atoms with van der Waals surface area (Å²) < 4.78 is 1.75. The Morgan fingerprint density at radius 1 is 1.47 bits per heavy atom. The zero-order valence-corrected chi connectivity index (χ0v) is 10.2. The Morgan fingerprint density at radius 3 is 3.06 bits per heavy atom. The minimum atomic E-state index is -0.705. The second-order valence-corrected chi connectivity index (χ2v) is 4.54. The van der Waals surface area contributed by atoms with Crippen LogP contribution in [0.4, 0.5) is 5.82 Å². The predicted molar refractivity (Wildman–Crippen MR) is 67.0 cm³/mol. The zero-order chi connectivity index (χ0) is 12.3. The van der Waals surface area contributed by atoms with Gasteiger partial charge in [-0.2, -0.15) is 5.10 Å². The van der Waals surface area contributed by atoms with E-state index in [1.165, 1.54) is 0 Å². The van der Waals surface area contributed by atoms with Gasteiger partial charge in [0.1, 0.15) is 5.52 Å². The molecule has 2 aromatic rings. The highest BCUT2D eigenvalue weighted by molar-refractivity contribution is 5.66. The van der Waals surface area contributed by atoms with Crippen LogP contribution in [-0.2, 0) is 0 Å². The minimum Gasteiger partial charge on any atom is -0.388 e. The van der Waals surface area contributed by atoms with E-state index in [0.717, 1.165) is 24.2 Å². The molecule has 2 heterocycles. The molecule has 1 unspecified atom stereocenters. The molecule has 0 aliphatic carbocycles. The molecule has 0 saturated heterocycles. The van der Waals surface area contributed by atoms with Crippen LogP contribution < -0.4 is 5.32 Å². The molecule has 2 N–H and O–H groups in total. The molecule has 0 aliphatic rings. The molecule has 2 rings (SSSR count). The van der Waals surface area contributed by atoms with Gasteiger partial charge in [-0.15, -0.1) is 0 Å². The molecule has 0 aromatic carbocycles. The van der Waals surface area contributed by atoms with Crippen molar-refractivity contribution in [3.8, 4) is 0 Å². The predicted octanol–water partition coefficient (Wildman–Crippen LogP) is 1.69. The summed E-state index contributed by atoms with van der Waals surface area (Å²) in [5.41, 5.74) is 0.211. The normalized spacial score (nSPS) is 14.8. The van der Waals surface area contributed by atoms with Gasteiger partial charge in [0.05, 0.1) is 11.8 Å². The van der Waals surface area contributed by atoms with Gasteiger partial charge in [-0.25, -0.2) is 9.50 Å². The van der Waals surface area contributed by atoms with Gasteiger partial charge in [0, 0.05) is 18.9 Å². The van der Waals surface area contributed by atoms with Gasteiger partial charge in [0.15, 0.2) is 5.82 Å². The molecule has 0 radical (unpaired) electrons. The first-order valence-electron chi connectivity index (χ1n) is 5.87. The SMILES string of the molecule is CCCC(C)(O)CNc1nccn2nccc12. The van der Waals surface area contributed by atoms with Crippen LogP contribution in [0.3, 0.4) is 0 Å². The first-order valence-corrected chi connectivity index (χ1v) is 5.87. The Labute approximate surface area is 100 Å². The Morgan fingerprint density at radius 2 is 2.29 bits per heavy atom. The maximum atomic E-state index is 10.1. The van der Waals surface area contributed by atoms with Crippen molar-refractivity contribution in [2.45, 2.75) is 32.3 Å². The maximum absolute atomic E-state index is 10.1. The van der Waals surface area contributed by atoms with Crippen molar-refractivity contribution in [1.29, 1.82) is 0 Å². The number of aromatic nitrogens is 3. The summed E-state index contributed by atoms with van der Waals surface area (Å²) in [5, 5.41) is 17.4. The number of nitrogens with one attached hydrogen (secondary N) is 1. The molecule has 0 amide bonds. The first-order chi connectivity index (χ1) is 8.12. The smallest absolute Gasteiger partial charge is 0.152 e. The fraction of sp³-hybridized carbons (Fsp3) is 0.500. The maximum Gasteiger partial charge on any atom is 0.152 e. The Hall–Kier alpha value is -1.62. The molecule has 0 bridgehead atoms. The number of nitrogens with zero attached hydrogens (tertiary/aromatic N) is 3. The minimum absolute atomic E-state index is 0.485. The lowest BCUT2D eigenvalue weighted by molar-refractivity contribution is 0.0636.